The largest absolute Gasteiger partial charge is 0.394 e. The second-order valence-electron chi connectivity index (χ2n) is 12.9. The number of rotatable bonds is 17. The number of hydrogen-bond donors (Lipinski definition) is 3. The lowest BCUT2D eigenvalue weighted by Gasteiger charge is -2.50. The average molecular weight is 783 g/mol. The molecular formula is C33H42N12O11. The van der Waals surface area contributed by atoms with E-state index < -0.39 is 98.5 Å². The van der Waals surface area contributed by atoms with Crippen LogP contribution in [0.3, 0.4) is 0 Å². The van der Waals surface area contributed by atoms with Crippen molar-refractivity contribution in [2.75, 3.05) is 20.3 Å². The molecule has 23 nitrogen and oxygen atoms in total. The molecule has 5 rings (SSSR count). The Morgan fingerprint density at radius 1 is 0.625 bits per heavy atom. The molecule has 15 atom stereocenters. The summed E-state index contributed by atoms with van der Waals surface area (Å²) < 4.78 is 49.1. The summed E-state index contributed by atoms with van der Waals surface area (Å²) in [6, 6.07) is 14.4. The van der Waals surface area contributed by atoms with Gasteiger partial charge in [0.2, 0.25) is 0 Å². The molecular weight excluding hydrogens is 740 g/mol. The van der Waals surface area contributed by atoms with Crippen molar-refractivity contribution >= 4 is 0 Å². The third kappa shape index (κ3) is 10.2. The first kappa shape index (κ1) is 42.4. The Labute approximate surface area is 319 Å². The van der Waals surface area contributed by atoms with Gasteiger partial charge in [-0.3, -0.25) is 0 Å². The molecule has 0 bridgehead atoms. The molecule has 0 aliphatic carbocycles. The van der Waals surface area contributed by atoms with Crippen molar-refractivity contribution < 1.29 is 53.2 Å². The summed E-state index contributed by atoms with van der Waals surface area (Å²) in [4.78, 5) is 11.6. The minimum atomic E-state index is -1.78. The fourth-order valence-corrected chi connectivity index (χ4v) is 6.77. The van der Waals surface area contributed by atoms with Crippen LogP contribution in [0.25, 0.3) is 41.8 Å². The van der Waals surface area contributed by atoms with Crippen LogP contribution in [0.4, 0.5) is 0 Å². The van der Waals surface area contributed by atoms with Crippen molar-refractivity contribution in [3.05, 3.63) is 114 Å². The monoisotopic (exact) mass is 782 g/mol. The molecule has 56 heavy (non-hydrogen) atoms. The molecule has 0 saturated carbocycles. The normalized spacial score (nSPS) is 35.5. The number of aliphatic hydroxyl groups excluding tert-OH is 3. The maximum absolute atomic E-state index is 11.0. The van der Waals surface area contributed by atoms with Crippen LogP contribution in [0.5, 0.6) is 0 Å². The van der Waals surface area contributed by atoms with E-state index in [0.717, 1.165) is 11.1 Å². The van der Waals surface area contributed by atoms with Crippen LogP contribution in [0.1, 0.15) is 18.1 Å². The van der Waals surface area contributed by atoms with E-state index in [-0.39, 0.29) is 19.8 Å². The Hall–Kier alpha value is -4.76. The molecule has 0 amide bonds. The number of hydrogen-bond acceptors (Lipinski definition) is 15. The van der Waals surface area contributed by atoms with E-state index >= 15 is 0 Å². The zero-order valence-corrected chi connectivity index (χ0v) is 30.2. The van der Waals surface area contributed by atoms with E-state index in [4.69, 9.17) is 43.4 Å². The molecule has 0 unspecified atom stereocenters. The number of aliphatic hydroxyl groups is 3. The lowest BCUT2D eigenvalue weighted by molar-refractivity contribution is -0.357. The molecule has 3 saturated heterocycles. The van der Waals surface area contributed by atoms with Crippen molar-refractivity contribution in [2.24, 2.45) is 20.5 Å². The summed E-state index contributed by atoms with van der Waals surface area (Å²) >= 11 is 0. The van der Waals surface area contributed by atoms with Crippen molar-refractivity contribution in [2.45, 2.75) is 112 Å². The fraction of sp³-hybridized carbons (Fsp3) is 0.636. The number of methoxy groups -OCH3 is 1. The van der Waals surface area contributed by atoms with Crippen LogP contribution in [0.2, 0.25) is 0 Å². The second-order valence-corrected chi connectivity index (χ2v) is 12.9. The molecule has 0 aromatic heterocycles. The van der Waals surface area contributed by atoms with Gasteiger partial charge in [-0.05, 0) is 40.2 Å². The first-order chi connectivity index (χ1) is 27.3. The summed E-state index contributed by atoms with van der Waals surface area (Å²) in [5.41, 5.74) is 39.4. The topological polar surface area (TPSA) is 330 Å². The van der Waals surface area contributed by atoms with Crippen LogP contribution in [-0.2, 0) is 51.1 Å². The van der Waals surface area contributed by atoms with Gasteiger partial charge >= 0.3 is 0 Å². The highest BCUT2D eigenvalue weighted by Crippen LogP contribution is 2.37. The van der Waals surface area contributed by atoms with E-state index in [9.17, 15) is 31.9 Å². The zero-order chi connectivity index (χ0) is 40.0. The number of ether oxygens (including phenoxy) is 8. The zero-order valence-electron chi connectivity index (χ0n) is 30.2. The summed E-state index contributed by atoms with van der Waals surface area (Å²) in [5.74, 6) is 0. The Bertz CT molecular complexity index is 1750. The summed E-state index contributed by atoms with van der Waals surface area (Å²) in [6.07, 6.45) is -16.4. The highest BCUT2D eigenvalue weighted by molar-refractivity contribution is 5.15. The van der Waals surface area contributed by atoms with Crippen molar-refractivity contribution in [1.82, 2.24) is 0 Å². The lowest BCUT2D eigenvalue weighted by Crippen LogP contribution is -2.66. The molecule has 300 valence electrons. The Balaban J connectivity index is 1.54. The standard InChI is InChI=1S/C33H42N12O11/c1-17-22(39-43-35)25(47)26(48)33(52-17)55-28-21(14-46)54-31(49-2)24(41-45-37)30(28)56-32-23(40-44-36)29(51-16-19-11-7-4-8-12-19)27(20(53-32)13-38-42-34)50-15-18-9-5-3-6-10-18/h3-12,17,20-33,46-48H,13-16H2,1-2H3/t17-,20-,21-,22-,23-,24-,25+,26-,27-,28-,29-,30-,31-,32-,33+/m1/s1. The summed E-state index contributed by atoms with van der Waals surface area (Å²) in [7, 11) is 1.26. The van der Waals surface area contributed by atoms with Crippen molar-refractivity contribution in [3.63, 3.8) is 0 Å². The van der Waals surface area contributed by atoms with Gasteiger partial charge in [-0.15, -0.1) is 0 Å². The maximum Gasteiger partial charge on any atom is 0.186 e. The Kier molecular flexibility index (Phi) is 15.9. The van der Waals surface area contributed by atoms with Crippen LogP contribution >= 0.6 is 0 Å². The van der Waals surface area contributed by atoms with E-state index in [1.54, 1.807) is 0 Å². The molecule has 3 fully saturated rings. The van der Waals surface area contributed by atoms with E-state index in [2.05, 4.69) is 40.1 Å². The highest BCUT2D eigenvalue weighted by Gasteiger charge is 2.55. The summed E-state index contributed by atoms with van der Waals surface area (Å²) in [6.45, 7) is 0.560. The van der Waals surface area contributed by atoms with Crippen molar-refractivity contribution in [1.29, 1.82) is 0 Å². The average Bonchev–Trinajstić information content (AvgIpc) is 3.22. The molecule has 23 heteroatoms. The van der Waals surface area contributed by atoms with Crippen LogP contribution in [0.15, 0.2) is 81.1 Å². The van der Waals surface area contributed by atoms with Gasteiger partial charge in [0.25, 0.3) is 0 Å². The minimum absolute atomic E-state index is 0.0199. The van der Waals surface area contributed by atoms with Gasteiger partial charge in [0, 0.05) is 26.8 Å². The van der Waals surface area contributed by atoms with Gasteiger partial charge in [-0.1, -0.05) is 81.1 Å². The maximum atomic E-state index is 11.0. The molecule has 3 N–H and O–H groups in total. The predicted octanol–water partition coefficient (Wildman–Crippen LogP) is 3.83. The van der Waals surface area contributed by atoms with Crippen LogP contribution < -0.4 is 0 Å². The van der Waals surface area contributed by atoms with E-state index in [0.29, 0.717) is 0 Å². The third-order valence-electron chi connectivity index (χ3n) is 9.48. The Morgan fingerprint density at radius 3 is 1.71 bits per heavy atom. The molecule has 2 aromatic carbocycles. The van der Waals surface area contributed by atoms with Crippen molar-refractivity contribution in [3.8, 4) is 0 Å². The SMILES string of the molecule is CO[C@@H]1O[C@H](CO)[C@@H](O[C@@H]2O[C@H](C)[C@@H](N=[N+]=[N-])[C@H](O)[C@H]2O)[C@H](O[C@H]2O[C@H](CN=[N+]=[N-])[C@@H](OCc3ccccc3)[C@H](OCc3ccccc3)[C@H]2N=[N+]=[N-])[C@H]1N=[N+]=[N-]. The molecule has 3 aliphatic rings. The number of benzene rings is 2. The van der Waals surface area contributed by atoms with E-state index in [1.165, 1.54) is 14.0 Å². The lowest BCUT2D eigenvalue weighted by atomic mass is 9.94. The van der Waals surface area contributed by atoms with Gasteiger partial charge in [-0.2, -0.15) is 0 Å². The molecule has 0 radical (unpaired) electrons. The van der Waals surface area contributed by atoms with Gasteiger partial charge in [-0.25, -0.2) is 0 Å². The molecule has 0 spiro atoms. The first-order valence-corrected chi connectivity index (χ1v) is 17.5. The first-order valence-electron chi connectivity index (χ1n) is 17.5. The van der Waals surface area contributed by atoms with Gasteiger partial charge in [0.05, 0.1) is 50.7 Å². The molecule has 3 heterocycles. The van der Waals surface area contributed by atoms with Crippen LogP contribution in [-0.4, -0.2) is 128 Å². The predicted molar refractivity (Wildman–Crippen MR) is 190 cm³/mol. The quantitative estimate of drug-likeness (QED) is 0.118. The Morgan fingerprint density at radius 2 is 1.16 bits per heavy atom. The van der Waals surface area contributed by atoms with Gasteiger partial charge in [0.1, 0.15) is 48.7 Å². The smallest absolute Gasteiger partial charge is 0.186 e. The molecule has 2 aromatic rings. The fourth-order valence-electron chi connectivity index (χ4n) is 6.77. The van der Waals surface area contributed by atoms with Crippen LogP contribution in [0, 0.1) is 0 Å². The van der Waals surface area contributed by atoms with E-state index in [1.807, 2.05) is 60.7 Å². The minimum Gasteiger partial charge on any atom is -0.394 e. The summed E-state index contributed by atoms with van der Waals surface area (Å²) in [5, 5.41) is 47.4. The highest BCUT2D eigenvalue weighted by atomic mass is 16.8. The molecule has 3 aliphatic heterocycles. The number of azide groups is 4. The second kappa shape index (κ2) is 21.0. The third-order valence-corrected chi connectivity index (χ3v) is 9.48. The number of nitrogens with zero attached hydrogens (tertiary/aromatic N) is 12. The van der Waals surface area contributed by atoms with Gasteiger partial charge in [0.15, 0.2) is 18.9 Å². The van der Waals surface area contributed by atoms with Gasteiger partial charge < -0.3 is 53.2 Å².